The molecule has 1 aromatic heterocycles. The quantitative estimate of drug-likeness (QED) is 0.514. The molecule has 1 aromatic rings. The Kier molecular flexibility index (Phi) is 8.91. The number of hydrogen-bond acceptors (Lipinski definition) is 7. The third kappa shape index (κ3) is 7.74. The Morgan fingerprint density at radius 3 is 2.43 bits per heavy atom. The second kappa shape index (κ2) is 11.3. The molecule has 4 N–H and O–H groups in total. The van der Waals surface area contributed by atoms with E-state index < -0.39 is 55.4 Å². The number of pyridine rings is 1. The molecule has 35 heavy (non-hydrogen) atoms. The summed E-state index contributed by atoms with van der Waals surface area (Å²) in [6, 6.07) is 2.21. The number of aromatic nitrogens is 1. The van der Waals surface area contributed by atoms with E-state index in [2.05, 4.69) is 10.3 Å². The van der Waals surface area contributed by atoms with Gasteiger partial charge < -0.3 is 26.0 Å². The zero-order valence-electron chi connectivity index (χ0n) is 18.3. The van der Waals surface area contributed by atoms with Gasteiger partial charge in [-0.05, 0) is 18.9 Å². The van der Waals surface area contributed by atoms with E-state index in [9.17, 15) is 31.5 Å². The minimum atomic E-state index is -5.08. The van der Waals surface area contributed by atoms with Crippen molar-refractivity contribution in [3.63, 3.8) is 0 Å². The Hall–Kier alpha value is -3.54. The molecule has 1 unspecified atom stereocenters. The number of nitrogens with zero attached hydrogens (tertiary/aromatic N) is 4. The van der Waals surface area contributed by atoms with Gasteiger partial charge in [0.15, 0.2) is 0 Å². The highest BCUT2D eigenvalue weighted by atomic mass is 19.4. The summed E-state index contributed by atoms with van der Waals surface area (Å²) in [6.45, 7) is 0.117. The van der Waals surface area contributed by atoms with Crippen LogP contribution in [0.3, 0.4) is 0 Å². The fourth-order valence-electron chi connectivity index (χ4n) is 3.52. The average molecular weight is 506 g/mol. The predicted molar refractivity (Wildman–Crippen MR) is 110 cm³/mol. The lowest BCUT2D eigenvalue weighted by atomic mass is 10.0. The standard InChI is InChI=1S/C18H22F2N6O2.C2HF3O2/c19-18(20)7-13(8-21)26(11-18)16(27)10-24-17(28)14-1-4-23-9-15(14)25-5-2-12(22)3-6-25;3-2(4,5)1(6)7/h1,4,9,12-13H,2-3,5-7,10-11,22H2,(H,24,28);(H,6,7). The van der Waals surface area contributed by atoms with Crippen molar-refractivity contribution < 1.29 is 41.4 Å². The minimum absolute atomic E-state index is 0.134. The summed E-state index contributed by atoms with van der Waals surface area (Å²) in [7, 11) is 0. The van der Waals surface area contributed by atoms with Crippen molar-refractivity contribution in [2.75, 3.05) is 31.1 Å². The van der Waals surface area contributed by atoms with Crippen LogP contribution < -0.4 is 16.0 Å². The molecule has 1 atom stereocenters. The predicted octanol–water partition coefficient (Wildman–Crippen LogP) is 1.13. The number of amides is 2. The number of nitrogens with one attached hydrogen (secondary N) is 1. The van der Waals surface area contributed by atoms with Crippen molar-refractivity contribution in [3.8, 4) is 6.07 Å². The number of nitrogens with two attached hydrogens (primary N) is 1. The minimum Gasteiger partial charge on any atom is -0.475 e. The Labute approximate surface area is 196 Å². The van der Waals surface area contributed by atoms with Crippen molar-refractivity contribution in [2.45, 2.75) is 43.4 Å². The number of nitriles is 1. The van der Waals surface area contributed by atoms with Gasteiger partial charge in [-0.3, -0.25) is 14.6 Å². The summed E-state index contributed by atoms with van der Waals surface area (Å²) in [5.41, 5.74) is 6.91. The number of hydrogen-bond donors (Lipinski definition) is 3. The molecule has 0 spiro atoms. The molecular formula is C20H23F5N6O4. The van der Waals surface area contributed by atoms with E-state index >= 15 is 0 Å². The van der Waals surface area contributed by atoms with Gasteiger partial charge >= 0.3 is 12.1 Å². The molecule has 2 saturated heterocycles. The second-order valence-corrected chi connectivity index (χ2v) is 7.93. The summed E-state index contributed by atoms with van der Waals surface area (Å²) in [5, 5.41) is 18.6. The van der Waals surface area contributed by atoms with Crippen molar-refractivity contribution >= 4 is 23.5 Å². The SMILES string of the molecule is N#CC1CC(F)(F)CN1C(=O)CNC(=O)c1ccncc1N1CCC(N)CC1.O=C(O)C(F)(F)F. The van der Waals surface area contributed by atoms with Crippen LogP contribution in [0.1, 0.15) is 29.6 Å². The molecule has 0 saturated carbocycles. The molecule has 15 heteroatoms. The van der Waals surface area contributed by atoms with Crippen LogP contribution in [0.15, 0.2) is 18.5 Å². The Balaban J connectivity index is 0.000000540. The van der Waals surface area contributed by atoms with Crippen molar-refractivity contribution in [1.82, 2.24) is 15.2 Å². The number of likely N-dealkylation sites (tertiary alicyclic amines) is 1. The molecule has 2 aliphatic heterocycles. The van der Waals surface area contributed by atoms with Crippen LogP contribution >= 0.6 is 0 Å². The van der Waals surface area contributed by atoms with E-state index in [0.717, 1.165) is 17.7 Å². The molecule has 192 valence electrons. The molecule has 10 nitrogen and oxygen atoms in total. The smallest absolute Gasteiger partial charge is 0.475 e. The summed E-state index contributed by atoms with van der Waals surface area (Å²) in [6.07, 6.45) is -1.11. The molecular weight excluding hydrogens is 483 g/mol. The number of carbonyl (C=O) groups excluding carboxylic acids is 2. The Bertz CT molecular complexity index is 975. The molecule has 2 fully saturated rings. The zero-order valence-corrected chi connectivity index (χ0v) is 18.3. The van der Waals surface area contributed by atoms with Gasteiger partial charge in [-0.2, -0.15) is 18.4 Å². The summed E-state index contributed by atoms with van der Waals surface area (Å²) in [4.78, 5) is 40.6. The van der Waals surface area contributed by atoms with Gasteiger partial charge in [0, 0.05) is 31.7 Å². The van der Waals surface area contributed by atoms with Crippen LogP contribution in [0, 0.1) is 11.3 Å². The Morgan fingerprint density at radius 1 is 1.29 bits per heavy atom. The summed E-state index contributed by atoms with van der Waals surface area (Å²) in [5.74, 6) is -7.06. The first-order valence-corrected chi connectivity index (χ1v) is 10.3. The highest BCUT2D eigenvalue weighted by Gasteiger charge is 2.47. The van der Waals surface area contributed by atoms with Crippen LogP contribution in [0.5, 0.6) is 0 Å². The largest absolute Gasteiger partial charge is 0.490 e. The maximum Gasteiger partial charge on any atom is 0.490 e. The second-order valence-electron chi connectivity index (χ2n) is 7.93. The van der Waals surface area contributed by atoms with Gasteiger partial charge in [0.25, 0.3) is 11.8 Å². The number of halogens is 5. The summed E-state index contributed by atoms with van der Waals surface area (Å²) >= 11 is 0. The number of carboxylic acids is 1. The monoisotopic (exact) mass is 506 g/mol. The molecule has 3 rings (SSSR count). The third-order valence-corrected chi connectivity index (χ3v) is 5.31. The van der Waals surface area contributed by atoms with E-state index in [-0.39, 0.29) is 6.04 Å². The van der Waals surface area contributed by atoms with Gasteiger partial charge in [0.2, 0.25) is 5.91 Å². The zero-order chi connectivity index (χ0) is 26.4. The lowest BCUT2D eigenvalue weighted by Crippen LogP contribution is -2.43. The van der Waals surface area contributed by atoms with Crippen LogP contribution in [0.4, 0.5) is 27.6 Å². The highest BCUT2D eigenvalue weighted by Crippen LogP contribution is 2.31. The highest BCUT2D eigenvalue weighted by molar-refractivity contribution is 6.01. The average Bonchev–Trinajstić information content (AvgIpc) is 3.12. The molecule has 0 aliphatic carbocycles. The van der Waals surface area contributed by atoms with Crippen molar-refractivity contribution in [2.24, 2.45) is 5.73 Å². The van der Waals surface area contributed by atoms with E-state index in [1.807, 2.05) is 4.90 Å². The van der Waals surface area contributed by atoms with E-state index in [0.29, 0.717) is 24.3 Å². The number of anilines is 1. The molecule has 2 aliphatic rings. The van der Waals surface area contributed by atoms with Crippen LogP contribution in [-0.4, -0.2) is 83.1 Å². The van der Waals surface area contributed by atoms with Crippen molar-refractivity contribution in [1.29, 1.82) is 5.26 Å². The van der Waals surface area contributed by atoms with Gasteiger partial charge in [-0.1, -0.05) is 0 Å². The first-order chi connectivity index (χ1) is 16.2. The lowest BCUT2D eigenvalue weighted by molar-refractivity contribution is -0.192. The number of carboxylic acid groups (broad SMARTS) is 1. The van der Waals surface area contributed by atoms with Crippen LogP contribution in [0.25, 0.3) is 0 Å². The molecule has 2 amide bonds. The third-order valence-electron chi connectivity index (χ3n) is 5.31. The first-order valence-electron chi connectivity index (χ1n) is 10.3. The van der Waals surface area contributed by atoms with Crippen LogP contribution in [0.2, 0.25) is 0 Å². The Morgan fingerprint density at radius 2 is 1.89 bits per heavy atom. The normalized spacial score (nSPS) is 19.9. The maximum atomic E-state index is 13.5. The van der Waals surface area contributed by atoms with E-state index in [1.54, 1.807) is 18.3 Å². The fourth-order valence-corrected chi connectivity index (χ4v) is 3.52. The number of aliphatic carboxylic acids is 1. The number of carbonyl (C=O) groups is 3. The van der Waals surface area contributed by atoms with Gasteiger partial charge in [0.1, 0.15) is 6.04 Å². The molecule has 0 radical (unpaired) electrons. The number of rotatable bonds is 4. The van der Waals surface area contributed by atoms with Gasteiger partial charge in [0.05, 0.1) is 36.6 Å². The van der Waals surface area contributed by atoms with E-state index in [1.165, 1.54) is 6.20 Å². The molecule has 0 aromatic carbocycles. The molecule has 3 heterocycles. The first kappa shape index (κ1) is 27.7. The topological polar surface area (TPSA) is 153 Å². The summed E-state index contributed by atoms with van der Waals surface area (Å²) < 4.78 is 58.7. The maximum absolute atomic E-state index is 13.5. The van der Waals surface area contributed by atoms with Crippen molar-refractivity contribution in [3.05, 3.63) is 24.0 Å². The van der Waals surface area contributed by atoms with Gasteiger partial charge in [-0.25, -0.2) is 13.6 Å². The number of alkyl halides is 5. The molecule has 0 bridgehead atoms. The van der Waals surface area contributed by atoms with Gasteiger partial charge in [-0.15, -0.1) is 0 Å². The fraction of sp³-hybridized carbons (Fsp3) is 0.550. The van der Waals surface area contributed by atoms with Crippen LogP contribution in [-0.2, 0) is 9.59 Å². The lowest BCUT2D eigenvalue weighted by Gasteiger charge is -2.32. The number of piperidine rings is 1. The van der Waals surface area contributed by atoms with E-state index in [4.69, 9.17) is 20.9 Å².